The summed E-state index contributed by atoms with van der Waals surface area (Å²) >= 11 is 1.34. The molecule has 2 heterocycles. The van der Waals surface area contributed by atoms with Crippen molar-refractivity contribution in [3.63, 3.8) is 0 Å². The summed E-state index contributed by atoms with van der Waals surface area (Å²) in [5.41, 5.74) is 1.97. The van der Waals surface area contributed by atoms with E-state index >= 15 is 0 Å². The van der Waals surface area contributed by atoms with Crippen LogP contribution in [-0.2, 0) is 4.79 Å². The highest BCUT2D eigenvalue weighted by molar-refractivity contribution is 7.99. The summed E-state index contributed by atoms with van der Waals surface area (Å²) in [5, 5.41) is 12.2. The van der Waals surface area contributed by atoms with E-state index in [2.05, 4.69) is 15.5 Å². The number of carbonyl (C=O) groups is 1. The van der Waals surface area contributed by atoms with Gasteiger partial charge in [-0.25, -0.2) is 0 Å². The molecule has 0 aliphatic carbocycles. The average Bonchev–Trinajstić information content (AvgIpc) is 3.43. The Morgan fingerprint density at radius 3 is 2.45 bits per heavy atom. The van der Waals surface area contributed by atoms with Crippen LogP contribution in [-0.4, -0.2) is 26.4 Å². The zero-order valence-electron chi connectivity index (χ0n) is 15.9. The predicted molar refractivity (Wildman–Crippen MR) is 113 cm³/mol. The molecule has 0 radical (unpaired) electrons. The molecule has 2 aromatic heterocycles. The summed E-state index contributed by atoms with van der Waals surface area (Å²) in [6.07, 6.45) is 1.60. The standard InChI is InChI=1S/C22H20N4O2S/c1-16(17-9-4-2-5-10-17)23-20(27)15-29-22-25-24-21(19-13-8-14-28-19)26(22)18-11-6-3-7-12-18/h2-14,16H,15H2,1H3,(H,23,27)/t16-/m0/s1. The summed E-state index contributed by atoms with van der Waals surface area (Å²) in [5.74, 6) is 1.39. The number of furan rings is 1. The fourth-order valence-electron chi connectivity index (χ4n) is 2.98. The van der Waals surface area contributed by atoms with Crippen LogP contribution in [0.4, 0.5) is 0 Å². The molecular formula is C22H20N4O2S. The number of rotatable bonds is 7. The van der Waals surface area contributed by atoms with Crippen LogP contribution in [0.2, 0.25) is 0 Å². The van der Waals surface area contributed by atoms with Gasteiger partial charge in [0.05, 0.1) is 18.1 Å². The van der Waals surface area contributed by atoms with E-state index in [1.165, 1.54) is 11.8 Å². The molecule has 4 rings (SSSR count). The van der Waals surface area contributed by atoms with Gasteiger partial charge in [-0.15, -0.1) is 10.2 Å². The molecule has 6 nitrogen and oxygen atoms in total. The molecule has 0 bridgehead atoms. The van der Waals surface area contributed by atoms with E-state index in [1.807, 2.05) is 84.3 Å². The molecule has 1 amide bonds. The third-order valence-electron chi connectivity index (χ3n) is 4.40. The molecule has 29 heavy (non-hydrogen) atoms. The van der Waals surface area contributed by atoms with Crippen LogP contribution in [0.15, 0.2) is 88.6 Å². The van der Waals surface area contributed by atoms with Crippen molar-refractivity contribution >= 4 is 17.7 Å². The molecule has 0 saturated heterocycles. The predicted octanol–water partition coefficient (Wildman–Crippen LogP) is 4.50. The number of carbonyl (C=O) groups excluding carboxylic acids is 1. The third kappa shape index (κ3) is 4.41. The summed E-state index contributed by atoms with van der Waals surface area (Å²) in [6.45, 7) is 1.97. The number of amides is 1. The van der Waals surface area contributed by atoms with E-state index in [4.69, 9.17) is 4.42 Å². The number of hydrogen-bond acceptors (Lipinski definition) is 5. The Bertz CT molecular complexity index is 1060. The van der Waals surface area contributed by atoms with Crippen LogP contribution >= 0.6 is 11.8 Å². The summed E-state index contributed by atoms with van der Waals surface area (Å²) < 4.78 is 7.41. The van der Waals surface area contributed by atoms with Crippen LogP contribution in [0.1, 0.15) is 18.5 Å². The minimum atomic E-state index is -0.0616. The van der Waals surface area contributed by atoms with E-state index in [0.717, 1.165) is 11.3 Å². The van der Waals surface area contributed by atoms with E-state index in [1.54, 1.807) is 6.26 Å². The van der Waals surface area contributed by atoms with Gasteiger partial charge in [0.25, 0.3) is 0 Å². The molecule has 2 aromatic carbocycles. The maximum absolute atomic E-state index is 12.5. The van der Waals surface area contributed by atoms with Crippen molar-refractivity contribution < 1.29 is 9.21 Å². The van der Waals surface area contributed by atoms with Crippen LogP contribution in [0.3, 0.4) is 0 Å². The van der Waals surface area contributed by atoms with Gasteiger partial charge in [0, 0.05) is 5.69 Å². The Hall–Kier alpha value is -3.32. The number of thioether (sulfide) groups is 1. The highest BCUT2D eigenvalue weighted by Gasteiger charge is 2.19. The first kappa shape index (κ1) is 19.0. The van der Waals surface area contributed by atoms with Gasteiger partial charge < -0.3 is 9.73 Å². The first-order chi connectivity index (χ1) is 14.2. The van der Waals surface area contributed by atoms with Crippen molar-refractivity contribution in [2.75, 3.05) is 5.75 Å². The summed E-state index contributed by atoms with van der Waals surface area (Å²) in [4.78, 5) is 12.5. The summed E-state index contributed by atoms with van der Waals surface area (Å²) in [6, 6.07) is 23.3. The topological polar surface area (TPSA) is 73.0 Å². The molecule has 0 aliphatic heterocycles. The lowest BCUT2D eigenvalue weighted by Crippen LogP contribution is -2.28. The maximum Gasteiger partial charge on any atom is 0.230 e. The molecule has 1 atom stereocenters. The lowest BCUT2D eigenvalue weighted by atomic mass is 10.1. The largest absolute Gasteiger partial charge is 0.461 e. The normalized spacial score (nSPS) is 11.9. The van der Waals surface area contributed by atoms with Crippen LogP contribution in [0.25, 0.3) is 17.3 Å². The number of para-hydroxylation sites is 1. The van der Waals surface area contributed by atoms with E-state index in [0.29, 0.717) is 16.7 Å². The van der Waals surface area contributed by atoms with Gasteiger partial charge in [0.15, 0.2) is 10.9 Å². The Kier molecular flexibility index (Phi) is 5.76. The molecular weight excluding hydrogens is 384 g/mol. The van der Waals surface area contributed by atoms with Gasteiger partial charge in [-0.3, -0.25) is 9.36 Å². The van der Waals surface area contributed by atoms with Crippen molar-refractivity contribution in [3.8, 4) is 17.3 Å². The van der Waals surface area contributed by atoms with Crippen molar-refractivity contribution in [1.82, 2.24) is 20.1 Å². The molecule has 0 aliphatic rings. The molecule has 0 saturated carbocycles. The smallest absolute Gasteiger partial charge is 0.230 e. The van der Waals surface area contributed by atoms with Gasteiger partial charge in [-0.05, 0) is 36.8 Å². The highest BCUT2D eigenvalue weighted by Crippen LogP contribution is 2.28. The molecule has 0 fully saturated rings. The Labute approximate surface area is 173 Å². The molecule has 7 heteroatoms. The van der Waals surface area contributed by atoms with Crippen LogP contribution < -0.4 is 5.32 Å². The van der Waals surface area contributed by atoms with Crippen molar-refractivity contribution in [2.24, 2.45) is 0 Å². The number of nitrogens with zero attached hydrogens (tertiary/aromatic N) is 3. The van der Waals surface area contributed by atoms with Gasteiger partial charge in [-0.1, -0.05) is 60.3 Å². The number of benzene rings is 2. The lowest BCUT2D eigenvalue weighted by Gasteiger charge is -2.14. The SMILES string of the molecule is C[C@H](NC(=O)CSc1nnc(-c2ccco2)n1-c1ccccc1)c1ccccc1. The van der Waals surface area contributed by atoms with E-state index < -0.39 is 0 Å². The Morgan fingerprint density at radius 2 is 1.76 bits per heavy atom. The minimum absolute atomic E-state index is 0.0602. The van der Waals surface area contributed by atoms with Crippen molar-refractivity contribution in [1.29, 1.82) is 0 Å². The third-order valence-corrected chi connectivity index (χ3v) is 5.33. The fourth-order valence-corrected chi connectivity index (χ4v) is 3.74. The van der Waals surface area contributed by atoms with Crippen LogP contribution in [0, 0.1) is 0 Å². The van der Waals surface area contributed by atoms with Gasteiger partial charge >= 0.3 is 0 Å². The molecule has 0 unspecified atom stereocenters. The first-order valence-electron chi connectivity index (χ1n) is 9.24. The van der Waals surface area contributed by atoms with Crippen molar-refractivity contribution in [3.05, 3.63) is 84.6 Å². The van der Waals surface area contributed by atoms with Crippen molar-refractivity contribution in [2.45, 2.75) is 18.1 Å². The highest BCUT2D eigenvalue weighted by atomic mass is 32.2. The monoisotopic (exact) mass is 404 g/mol. The van der Waals surface area contributed by atoms with Gasteiger partial charge in [-0.2, -0.15) is 0 Å². The first-order valence-corrected chi connectivity index (χ1v) is 10.2. The second-order valence-corrected chi connectivity index (χ2v) is 7.39. The molecule has 0 spiro atoms. The second-order valence-electron chi connectivity index (χ2n) is 6.44. The maximum atomic E-state index is 12.5. The number of nitrogens with one attached hydrogen (secondary N) is 1. The Balaban J connectivity index is 1.51. The number of hydrogen-bond donors (Lipinski definition) is 1. The zero-order chi connectivity index (χ0) is 20.1. The minimum Gasteiger partial charge on any atom is -0.461 e. The lowest BCUT2D eigenvalue weighted by molar-refractivity contribution is -0.119. The van der Waals surface area contributed by atoms with E-state index in [9.17, 15) is 4.79 Å². The average molecular weight is 404 g/mol. The Morgan fingerprint density at radius 1 is 1.03 bits per heavy atom. The zero-order valence-corrected chi connectivity index (χ0v) is 16.7. The van der Waals surface area contributed by atoms with Crippen LogP contribution in [0.5, 0.6) is 0 Å². The van der Waals surface area contributed by atoms with Gasteiger partial charge in [0.2, 0.25) is 11.7 Å². The number of aromatic nitrogens is 3. The fraction of sp³-hybridized carbons (Fsp3) is 0.136. The molecule has 1 N–H and O–H groups in total. The van der Waals surface area contributed by atoms with E-state index in [-0.39, 0.29) is 17.7 Å². The molecule has 146 valence electrons. The quantitative estimate of drug-likeness (QED) is 0.459. The van der Waals surface area contributed by atoms with Gasteiger partial charge in [0.1, 0.15) is 0 Å². The molecule has 4 aromatic rings. The second kappa shape index (κ2) is 8.79. The summed E-state index contributed by atoms with van der Waals surface area (Å²) in [7, 11) is 0.